The molecular formula is C17H24N4. The van der Waals surface area contributed by atoms with E-state index in [0.29, 0.717) is 0 Å². The van der Waals surface area contributed by atoms with E-state index in [4.69, 9.17) is 5.84 Å². The summed E-state index contributed by atoms with van der Waals surface area (Å²) in [7, 11) is 4.07. The third kappa shape index (κ3) is 4.03. The number of hydrogen-bond acceptors (Lipinski definition) is 4. The number of aromatic nitrogens is 1. The van der Waals surface area contributed by atoms with Gasteiger partial charge in [0.25, 0.3) is 0 Å². The molecule has 1 aromatic carbocycles. The molecule has 2 aromatic rings. The lowest BCUT2D eigenvalue weighted by Crippen LogP contribution is -2.29. The second-order valence-electron chi connectivity index (χ2n) is 5.42. The first kappa shape index (κ1) is 15.5. The highest BCUT2D eigenvalue weighted by atomic mass is 15.2. The second kappa shape index (κ2) is 7.20. The predicted octanol–water partition coefficient (Wildman–Crippen LogP) is 2.46. The Morgan fingerprint density at radius 2 is 1.86 bits per heavy atom. The van der Waals surface area contributed by atoms with Gasteiger partial charge < -0.3 is 4.90 Å². The van der Waals surface area contributed by atoms with E-state index in [1.165, 1.54) is 16.8 Å². The number of nitrogens with two attached hydrogens (primary N) is 1. The second-order valence-corrected chi connectivity index (χ2v) is 5.42. The van der Waals surface area contributed by atoms with Crippen LogP contribution < -0.4 is 16.2 Å². The Labute approximate surface area is 127 Å². The Morgan fingerprint density at radius 3 is 2.33 bits per heavy atom. The molecule has 0 aliphatic heterocycles. The van der Waals surface area contributed by atoms with E-state index in [-0.39, 0.29) is 6.04 Å². The van der Waals surface area contributed by atoms with E-state index in [2.05, 4.69) is 58.6 Å². The van der Waals surface area contributed by atoms with Gasteiger partial charge in [-0.1, -0.05) is 25.1 Å². The third-order valence-electron chi connectivity index (χ3n) is 3.72. The molecule has 1 aromatic heterocycles. The van der Waals surface area contributed by atoms with Gasteiger partial charge in [-0.15, -0.1) is 0 Å². The molecule has 0 aliphatic carbocycles. The van der Waals surface area contributed by atoms with Crippen molar-refractivity contribution in [3.63, 3.8) is 0 Å². The lowest BCUT2D eigenvalue weighted by atomic mass is 10.0. The monoisotopic (exact) mass is 284 g/mol. The molecule has 0 radical (unpaired) electrons. The fourth-order valence-corrected chi connectivity index (χ4v) is 2.27. The van der Waals surface area contributed by atoms with Gasteiger partial charge in [-0.05, 0) is 35.7 Å². The molecule has 0 amide bonds. The van der Waals surface area contributed by atoms with Crippen LogP contribution in [0.5, 0.6) is 0 Å². The first-order valence-electron chi connectivity index (χ1n) is 7.31. The zero-order valence-electron chi connectivity index (χ0n) is 13.0. The smallest absolute Gasteiger partial charge is 0.0515 e. The number of rotatable bonds is 6. The van der Waals surface area contributed by atoms with E-state index in [1.54, 1.807) is 0 Å². The van der Waals surface area contributed by atoms with Gasteiger partial charge in [0, 0.05) is 38.1 Å². The number of anilines is 1. The molecule has 0 saturated carbocycles. The van der Waals surface area contributed by atoms with Crippen LogP contribution in [0.3, 0.4) is 0 Å². The lowest BCUT2D eigenvalue weighted by Gasteiger charge is -2.18. The van der Waals surface area contributed by atoms with Crippen LogP contribution >= 0.6 is 0 Å². The molecule has 2 rings (SSSR count). The standard InChI is InChI=1S/C17H24N4/c1-4-13-5-8-15(19-12-13)11-17(20-18)14-6-9-16(10-7-14)21(2)3/h5-10,12,17,20H,4,11,18H2,1-3H3. The van der Waals surface area contributed by atoms with Crippen molar-refractivity contribution in [3.05, 3.63) is 59.4 Å². The van der Waals surface area contributed by atoms with Crippen molar-refractivity contribution in [2.45, 2.75) is 25.8 Å². The summed E-state index contributed by atoms with van der Waals surface area (Å²) in [6, 6.07) is 12.7. The zero-order valence-corrected chi connectivity index (χ0v) is 13.0. The quantitative estimate of drug-likeness (QED) is 0.632. The van der Waals surface area contributed by atoms with Crippen LogP contribution in [0.25, 0.3) is 0 Å². The van der Waals surface area contributed by atoms with Crippen LogP contribution in [0.15, 0.2) is 42.6 Å². The molecule has 3 N–H and O–H groups in total. The minimum atomic E-state index is 0.0705. The molecular weight excluding hydrogens is 260 g/mol. The average Bonchev–Trinajstić information content (AvgIpc) is 2.53. The normalized spacial score (nSPS) is 12.2. The molecule has 0 fully saturated rings. The first-order chi connectivity index (χ1) is 10.1. The molecule has 1 atom stereocenters. The van der Waals surface area contributed by atoms with Gasteiger partial charge in [-0.3, -0.25) is 16.3 Å². The summed E-state index contributed by atoms with van der Waals surface area (Å²) in [5.74, 6) is 5.72. The van der Waals surface area contributed by atoms with Gasteiger partial charge in [-0.25, -0.2) is 0 Å². The molecule has 0 spiro atoms. The molecule has 0 saturated heterocycles. The Balaban J connectivity index is 2.11. The summed E-state index contributed by atoms with van der Waals surface area (Å²) in [6.07, 6.45) is 3.73. The largest absolute Gasteiger partial charge is 0.378 e. The van der Waals surface area contributed by atoms with Crippen molar-refractivity contribution in [3.8, 4) is 0 Å². The van der Waals surface area contributed by atoms with Crippen molar-refractivity contribution in [1.29, 1.82) is 0 Å². The van der Waals surface area contributed by atoms with E-state index in [9.17, 15) is 0 Å². The topological polar surface area (TPSA) is 54.2 Å². The SMILES string of the molecule is CCc1ccc(CC(NN)c2ccc(N(C)C)cc2)nc1. The van der Waals surface area contributed by atoms with Crippen LogP contribution in [-0.4, -0.2) is 19.1 Å². The Morgan fingerprint density at radius 1 is 1.14 bits per heavy atom. The van der Waals surface area contributed by atoms with Gasteiger partial charge in [0.2, 0.25) is 0 Å². The number of aryl methyl sites for hydroxylation is 1. The summed E-state index contributed by atoms with van der Waals surface area (Å²) < 4.78 is 0. The minimum absolute atomic E-state index is 0.0705. The molecule has 1 heterocycles. The van der Waals surface area contributed by atoms with Crippen LogP contribution in [0, 0.1) is 0 Å². The van der Waals surface area contributed by atoms with Gasteiger partial charge in [0.15, 0.2) is 0 Å². The fraction of sp³-hybridized carbons (Fsp3) is 0.353. The van der Waals surface area contributed by atoms with Gasteiger partial charge in [-0.2, -0.15) is 0 Å². The van der Waals surface area contributed by atoms with Crippen molar-refractivity contribution in [1.82, 2.24) is 10.4 Å². The van der Waals surface area contributed by atoms with Gasteiger partial charge in [0.05, 0.1) is 6.04 Å². The van der Waals surface area contributed by atoms with E-state index >= 15 is 0 Å². The average molecular weight is 284 g/mol. The van der Waals surface area contributed by atoms with Crippen molar-refractivity contribution in [2.75, 3.05) is 19.0 Å². The summed E-state index contributed by atoms with van der Waals surface area (Å²) in [5, 5.41) is 0. The lowest BCUT2D eigenvalue weighted by molar-refractivity contribution is 0.546. The van der Waals surface area contributed by atoms with Crippen LogP contribution in [0.2, 0.25) is 0 Å². The maximum absolute atomic E-state index is 5.72. The van der Waals surface area contributed by atoms with E-state index in [1.807, 2.05) is 20.3 Å². The first-order valence-corrected chi connectivity index (χ1v) is 7.31. The van der Waals surface area contributed by atoms with Crippen molar-refractivity contribution >= 4 is 5.69 Å². The maximum Gasteiger partial charge on any atom is 0.0515 e. The molecule has 4 nitrogen and oxygen atoms in total. The number of hydrogen-bond donors (Lipinski definition) is 2. The molecule has 1 unspecified atom stereocenters. The maximum atomic E-state index is 5.72. The van der Waals surface area contributed by atoms with Crippen LogP contribution in [0.1, 0.15) is 29.8 Å². The van der Waals surface area contributed by atoms with Crippen LogP contribution in [-0.2, 0) is 12.8 Å². The fourth-order valence-electron chi connectivity index (χ4n) is 2.27. The highest BCUT2D eigenvalue weighted by molar-refractivity contribution is 5.46. The molecule has 0 aliphatic rings. The number of pyridine rings is 1. The number of benzene rings is 1. The van der Waals surface area contributed by atoms with Gasteiger partial charge in [0.1, 0.15) is 0 Å². The summed E-state index contributed by atoms with van der Waals surface area (Å²) in [5.41, 5.74) is 7.55. The molecule has 21 heavy (non-hydrogen) atoms. The summed E-state index contributed by atoms with van der Waals surface area (Å²) in [6.45, 7) is 2.13. The summed E-state index contributed by atoms with van der Waals surface area (Å²) >= 11 is 0. The Bertz CT molecular complexity index is 546. The highest BCUT2D eigenvalue weighted by Crippen LogP contribution is 2.20. The molecule has 0 bridgehead atoms. The Kier molecular flexibility index (Phi) is 5.31. The van der Waals surface area contributed by atoms with Crippen LogP contribution in [0.4, 0.5) is 5.69 Å². The number of nitrogens with zero attached hydrogens (tertiary/aromatic N) is 2. The molecule has 112 valence electrons. The van der Waals surface area contributed by atoms with E-state index < -0.39 is 0 Å². The van der Waals surface area contributed by atoms with Crippen molar-refractivity contribution < 1.29 is 0 Å². The third-order valence-corrected chi connectivity index (χ3v) is 3.72. The molecule has 4 heteroatoms. The van der Waals surface area contributed by atoms with E-state index in [0.717, 1.165) is 18.5 Å². The predicted molar refractivity (Wildman–Crippen MR) is 88.2 cm³/mol. The number of hydrazine groups is 1. The summed E-state index contributed by atoms with van der Waals surface area (Å²) in [4.78, 5) is 6.59. The van der Waals surface area contributed by atoms with Gasteiger partial charge >= 0.3 is 0 Å². The number of nitrogens with one attached hydrogen (secondary N) is 1. The van der Waals surface area contributed by atoms with Crippen molar-refractivity contribution in [2.24, 2.45) is 5.84 Å². The zero-order chi connectivity index (χ0) is 15.2. The Hall–Kier alpha value is -1.91. The highest BCUT2D eigenvalue weighted by Gasteiger charge is 2.11. The minimum Gasteiger partial charge on any atom is -0.378 e.